The Balaban J connectivity index is 1.47. The number of nitrogens with one attached hydrogen (secondary N) is 2. The quantitative estimate of drug-likeness (QED) is 0.258. The van der Waals surface area contributed by atoms with E-state index in [0.29, 0.717) is 22.3 Å². The molecule has 4 amide bonds. The minimum absolute atomic E-state index is 0.0716. The van der Waals surface area contributed by atoms with Gasteiger partial charge in [-0.15, -0.1) is 0 Å². The minimum Gasteiger partial charge on any atom is -0.376 e. The predicted octanol–water partition coefficient (Wildman–Crippen LogP) is 2.61. The second-order valence-corrected chi connectivity index (χ2v) is 9.11. The molecular formula is C28H30N6O5. The summed E-state index contributed by atoms with van der Waals surface area (Å²) in [6, 6.07) is 19.3. The van der Waals surface area contributed by atoms with Crippen molar-refractivity contribution in [3.05, 3.63) is 83.6 Å². The van der Waals surface area contributed by atoms with E-state index < -0.39 is 19.5 Å². The Bertz CT molecular complexity index is 1490. The van der Waals surface area contributed by atoms with E-state index in [-0.39, 0.29) is 18.4 Å². The molecule has 3 aromatic carbocycles. The van der Waals surface area contributed by atoms with Gasteiger partial charge in [-0.3, -0.25) is 19.2 Å². The van der Waals surface area contributed by atoms with Crippen LogP contribution in [-0.2, 0) is 13.6 Å². The lowest BCUT2D eigenvalue weighted by Crippen LogP contribution is -2.36. The van der Waals surface area contributed by atoms with Gasteiger partial charge < -0.3 is 25.7 Å². The third kappa shape index (κ3) is 6.06. The number of hydrogen-bond donors (Lipinski definition) is 4. The van der Waals surface area contributed by atoms with E-state index in [4.69, 9.17) is 10.2 Å². The number of aliphatic hydroxyl groups excluding tert-OH is 2. The van der Waals surface area contributed by atoms with E-state index >= 15 is 0 Å². The molecular weight excluding hydrogens is 500 g/mol. The fraction of sp³-hybridized carbons (Fsp3) is 0.214. The van der Waals surface area contributed by atoms with E-state index in [1.807, 2.05) is 30.3 Å². The number of benzene rings is 3. The first-order valence-electron chi connectivity index (χ1n) is 12.2. The van der Waals surface area contributed by atoms with Gasteiger partial charge in [0.05, 0.1) is 5.52 Å². The van der Waals surface area contributed by atoms with E-state index in [0.717, 1.165) is 27.1 Å². The van der Waals surface area contributed by atoms with Gasteiger partial charge in [0, 0.05) is 44.3 Å². The maximum absolute atomic E-state index is 13.1. The number of hydrogen-bond acceptors (Lipinski definition) is 6. The summed E-state index contributed by atoms with van der Waals surface area (Å²) in [4.78, 5) is 39.6. The Hall–Kier alpha value is -4.74. The molecule has 0 saturated heterocycles. The maximum Gasteiger partial charge on any atom is 0.325 e. The van der Waals surface area contributed by atoms with Gasteiger partial charge in [-0.2, -0.15) is 5.10 Å². The molecule has 11 heteroatoms. The monoisotopic (exact) mass is 530 g/mol. The zero-order valence-electron chi connectivity index (χ0n) is 21.9. The zero-order chi connectivity index (χ0) is 28.1. The highest BCUT2D eigenvalue weighted by molar-refractivity contribution is 6.06. The molecule has 4 N–H and O–H groups in total. The second kappa shape index (κ2) is 11.8. The first-order valence-corrected chi connectivity index (χ1v) is 12.2. The number of nitrogens with zero attached hydrogens (tertiary/aromatic N) is 4. The Morgan fingerprint density at radius 1 is 0.897 bits per heavy atom. The van der Waals surface area contributed by atoms with Crippen molar-refractivity contribution >= 4 is 34.4 Å². The smallest absolute Gasteiger partial charge is 0.325 e. The number of fused-ring (bicyclic) bond motifs is 1. The number of aryl methyl sites for hydroxylation is 1. The molecule has 0 radical (unpaired) electrons. The van der Waals surface area contributed by atoms with Crippen LogP contribution in [-0.4, -0.2) is 75.2 Å². The van der Waals surface area contributed by atoms with E-state index in [1.54, 1.807) is 62.2 Å². The maximum atomic E-state index is 13.1. The number of rotatable bonds is 8. The van der Waals surface area contributed by atoms with Crippen molar-refractivity contribution < 1.29 is 24.6 Å². The van der Waals surface area contributed by atoms with E-state index in [9.17, 15) is 14.4 Å². The van der Waals surface area contributed by atoms with Crippen LogP contribution in [0.1, 0.15) is 26.4 Å². The average molecular weight is 531 g/mol. The SMILES string of the molecule is CN(C)C(=O)c1ccc(-c2ccc3c(c2)c(C(=O)NCc2ccc(NC(=O)N(CO)CO)cc2)nn3C)cc1. The van der Waals surface area contributed by atoms with Crippen molar-refractivity contribution in [2.45, 2.75) is 6.54 Å². The van der Waals surface area contributed by atoms with Gasteiger partial charge in [-0.05, 0) is 53.1 Å². The van der Waals surface area contributed by atoms with Crippen LogP contribution in [0.3, 0.4) is 0 Å². The van der Waals surface area contributed by atoms with Gasteiger partial charge in [-0.25, -0.2) is 4.79 Å². The summed E-state index contributed by atoms with van der Waals surface area (Å²) in [6.45, 7) is -0.980. The van der Waals surface area contributed by atoms with Crippen molar-refractivity contribution in [1.29, 1.82) is 0 Å². The summed E-state index contributed by atoms with van der Waals surface area (Å²) < 4.78 is 1.66. The highest BCUT2D eigenvalue weighted by Gasteiger charge is 2.17. The number of amides is 4. The molecule has 0 fully saturated rings. The lowest BCUT2D eigenvalue weighted by Gasteiger charge is -2.17. The van der Waals surface area contributed by atoms with Gasteiger partial charge in [0.1, 0.15) is 13.5 Å². The zero-order valence-corrected chi connectivity index (χ0v) is 21.9. The molecule has 0 spiro atoms. The summed E-state index contributed by atoms with van der Waals surface area (Å²) >= 11 is 0. The van der Waals surface area contributed by atoms with Gasteiger partial charge in [0.2, 0.25) is 0 Å². The summed E-state index contributed by atoms with van der Waals surface area (Å²) in [5.74, 6) is -0.402. The third-order valence-electron chi connectivity index (χ3n) is 6.22. The lowest BCUT2D eigenvalue weighted by molar-refractivity contribution is 0.0626. The molecule has 0 aliphatic heterocycles. The molecule has 0 aliphatic carbocycles. The first-order chi connectivity index (χ1) is 18.7. The van der Waals surface area contributed by atoms with Gasteiger partial charge in [0.25, 0.3) is 11.8 Å². The first kappa shape index (κ1) is 27.3. The number of aromatic nitrogens is 2. The summed E-state index contributed by atoms with van der Waals surface area (Å²) in [5, 5.41) is 28.7. The molecule has 0 unspecified atom stereocenters. The van der Waals surface area contributed by atoms with Crippen LogP contribution in [0.2, 0.25) is 0 Å². The second-order valence-electron chi connectivity index (χ2n) is 9.11. The number of carbonyl (C=O) groups is 3. The van der Waals surface area contributed by atoms with Crippen LogP contribution >= 0.6 is 0 Å². The van der Waals surface area contributed by atoms with Crippen molar-refractivity contribution in [3.8, 4) is 11.1 Å². The third-order valence-corrected chi connectivity index (χ3v) is 6.22. The van der Waals surface area contributed by atoms with Crippen LogP contribution in [0.25, 0.3) is 22.0 Å². The van der Waals surface area contributed by atoms with Crippen molar-refractivity contribution in [1.82, 2.24) is 24.9 Å². The van der Waals surface area contributed by atoms with Gasteiger partial charge in [-0.1, -0.05) is 30.3 Å². The number of anilines is 1. The molecule has 4 aromatic rings. The van der Waals surface area contributed by atoms with Crippen molar-refractivity contribution in [2.75, 3.05) is 32.9 Å². The molecule has 202 valence electrons. The molecule has 11 nitrogen and oxygen atoms in total. The molecule has 39 heavy (non-hydrogen) atoms. The molecule has 1 aromatic heterocycles. The molecule has 1 heterocycles. The van der Waals surface area contributed by atoms with Crippen LogP contribution in [0.4, 0.5) is 10.5 Å². The number of aliphatic hydroxyl groups is 2. The normalized spacial score (nSPS) is 10.8. The number of carbonyl (C=O) groups excluding carboxylic acids is 3. The van der Waals surface area contributed by atoms with Crippen molar-refractivity contribution in [3.63, 3.8) is 0 Å². The predicted molar refractivity (Wildman–Crippen MR) is 147 cm³/mol. The largest absolute Gasteiger partial charge is 0.376 e. The standard InChI is InChI=1S/C28H30N6O5/c1-32(2)27(38)20-8-6-19(7-9-20)21-10-13-24-23(14-21)25(31-33(24)3)26(37)29-15-18-4-11-22(12-5-18)30-28(39)34(16-35)17-36/h4-14,35-36H,15-17H2,1-3H3,(H,29,37)(H,30,39). The highest BCUT2D eigenvalue weighted by atomic mass is 16.3. The Labute approximate surface area is 225 Å². The summed E-state index contributed by atoms with van der Waals surface area (Å²) in [7, 11) is 5.20. The van der Waals surface area contributed by atoms with Crippen LogP contribution in [0.5, 0.6) is 0 Å². The van der Waals surface area contributed by atoms with Crippen LogP contribution in [0.15, 0.2) is 66.7 Å². The molecule has 0 bridgehead atoms. The molecule has 0 atom stereocenters. The molecule has 4 rings (SSSR count). The van der Waals surface area contributed by atoms with Crippen LogP contribution in [0, 0.1) is 0 Å². The van der Waals surface area contributed by atoms with Crippen LogP contribution < -0.4 is 10.6 Å². The molecule has 0 aliphatic rings. The topological polar surface area (TPSA) is 140 Å². The summed E-state index contributed by atoms with van der Waals surface area (Å²) in [6.07, 6.45) is 0. The Morgan fingerprint density at radius 3 is 2.15 bits per heavy atom. The van der Waals surface area contributed by atoms with E-state index in [2.05, 4.69) is 15.7 Å². The Morgan fingerprint density at radius 2 is 1.54 bits per heavy atom. The van der Waals surface area contributed by atoms with Crippen molar-refractivity contribution in [2.24, 2.45) is 7.05 Å². The van der Waals surface area contributed by atoms with Gasteiger partial charge >= 0.3 is 6.03 Å². The fourth-order valence-electron chi connectivity index (χ4n) is 4.02. The minimum atomic E-state index is -0.638. The number of urea groups is 1. The van der Waals surface area contributed by atoms with Gasteiger partial charge in [0.15, 0.2) is 5.69 Å². The lowest BCUT2D eigenvalue weighted by atomic mass is 10.0. The van der Waals surface area contributed by atoms with E-state index in [1.165, 1.54) is 4.90 Å². The summed E-state index contributed by atoms with van der Waals surface area (Å²) in [5.41, 5.74) is 4.79. The highest BCUT2D eigenvalue weighted by Crippen LogP contribution is 2.27. The molecule has 0 saturated carbocycles. The average Bonchev–Trinajstić information content (AvgIpc) is 3.28. The fourth-order valence-corrected chi connectivity index (χ4v) is 4.02. The Kier molecular flexibility index (Phi) is 8.23.